The van der Waals surface area contributed by atoms with Gasteiger partial charge in [0, 0.05) is 25.5 Å². The van der Waals surface area contributed by atoms with Gasteiger partial charge in [-0.25, -0.2) is 0 Å². The average Bonchev–Trinajstić information content (AvgIpc) is 2.44. The van der Waals surface area contributed by atoms with Crippen LogP contribution < -0.4 is 5.73 Å². The highest BCUT2D eigenvalue weighted by Crippen LogP contribution is 2.20. The van der Waals surface area contributed by atoms with Gasteiger partial charge in [-0.05, 0) is 12.1 Å². The van der Waals surface area contributed by atoms with Crippen molar-refractivity contribution in [1.29, 1.82) is 0 Å². The summed E-state index contributed by atoms with van der Waals surface area (Å²) in [6.07, 6.45) is -1.65. The summed E-state index contributed by atoms with van der Waals surface area (Å²) < 4.78 is 37.7. The number of hydrogen-bond donors (Lipinski definition) is 1. The van der Waals surface area contributed by atoms with Crippen LogP contribution in [0.3, 0.4) is 0 Å². The molecule has 1 aromatic heterocycles. The number of rotatable bonds is 4. The van der Waals surface area contributed by atoms with Crippen LogP contribution in [-0.2, 0) is 0 Å². The fourth-order valence-electron chi connectivity index (χ4n) is 1.96. The lowest BCUT2D eigenvalue weighted by Gasteiger charge is -2.23. The number of carbonyl (C=O) groups is 1. The summed E-state index contributed by atoms with van der Waals surface area (Å²) in [5.41, 5.74) is 6.09. The van der Waals surface area contributed by atoms with Crippen LogP contribution in [0.25, 0.3) is 11.0 Å². The van der Waals surface area contributed by atoms with Crippen LogP contribution in [0.15, 0.2) is 30.6 Å². The van der Waals surface area contributed by atoms with Gasteiger partial charge < -0.3 is 10.6 Å². The standard InChI is InChI=1S/C13H13F3N4O/c14-13(15,16)8-20(7-4-17)12(21)9-2-1-3-10-11(9)19-6-5-18-10/h1-3,5-6H,4,7-8,17H2. The van der Waals surface area contributed by atoms with Crippen molar-refractivity contribution in [2.75, 3.05) is 19.6 Å². The maximum atomic E-state index is 12.6. The van der Waals surface area contributed by atoms with Crippen LogP contribution in [0.1, 0.15) is 10.4 Å². The van der Waals surface area contributed by atoms with E-state index < -0.39 is 18.6 Å². The zero-order valence-corrected chi connectivity index (χ0v) is 11.0. The molecule has 0 bridgehead atoms. The summed E-state index contributed by atoms with van der Waals surface area (Å²) in [5, 5.41) is 0. The lowest BCUT2D eigenvalue weighted by Crippen LogP contribution is -2.41. The van der Waals surface area contributed by atoms with Gasteiger partial charge in [0.2, 0.25) is 0 Å². The number of amides is 1. The highest BCUT2D eigenvalue weighted by Gasteiger charge is 2.33. The van der Waals surface area contributed by atoms with Crippen molar-refractivity contribution in [1.82, 2.24) is 14.9 Å². The zero-order chi connectivity index (χ0) is 15.5. The van der Waals surface area contributed by atoms with Crippen molar-refractivity contribution in [3.05, 3.63) is 36.2 Å². The number of alkyl halides is 3. The Morgan fingerprint density at radius 3 is 2.62 bits per heavy atom. The van der Waals surface area contributed by atoms with Crippen LogP contribution in [0, 0.1) is 0 Å². The zero-order valence-electron chi connectivity index (χ0n) is 11.0. The largest absolute Gasteiger partial charge is 0.406 e. The van der Waals surface area contributed by atoms with E-state index >= 15 is 0 Å². The molecular weight excluding hydrogens is 285 g/mol. The molecule has 21 heavy (non-hydrogen) atoms. The molecular formula is C13H13F3N4O. The van der Waals surface area contributed by atoms with Gasteiger partial charge in [0.05, 0.1) is 11.1 Å². The molecule has 0 saturated heterocycles. The molecule has 2 rings (SSSR count). The van der Waals surface area contributed by atoms with E-state index in [1.807, 2.05) is 0 Å². The summed E-state index contributed by atoms with van der Waals surface area (Å²) >= 11 is 0. The first-order chi connectivity index (χ1) is 9.92. The van der Waals surface area contributed by atoms with Crippen LogP contribution in [0.4, 0.5) is 13.2 Å². The summed E-state index contributed by atoms with van der Waals surface area (Å²) in [5.74, 6) is -0.760. The molecule has 1 aromatic carbocycles. The first-order valence-electron chi connectivity index (χ1n) is 6.18. The molecule has 112 valence electrons. The third kappa shape index (κ3) is 3.66. The predicted octanol–water partition coefficient (Wildman–Crippen LogP) is 1.59. The minimum absolute atomic E-state index is 0.0573. The Bertz CT molecular complexity index is 639. The van der Waals surface area contributed by atoms with E-state index in [2.05, 4.69) is 9.97 Å². The van der Waals surface area contributed by atoms with E-state index in [1.165, 1.54) is 18.5 Å². The van der Waals surface area contributed by atoms with Gasteiger partial charge in [-0.3, -0.25) is 14.8 Å². The Morgan fingerprint density at radius 2 is 1.95 bits per heavy atom. The van der Waals surface area contributed by atoms with Crippen molar-refractivity contribution >= 4 is 16.9 Å². The van der Waals surface area contributed by atoms with Gasteiger partial charge in [-0.15, -0.1) is 0 Å². The number of benzene rings is 1. The first kappa shape index (κ1) is 15.2. The van der Waals surface area contributed by atoms with Gasteiger partial charge in [0.1, 0.15) is 12.1 Å². The number of nitrogens with two attached hydrogens (primary N) is 1. The summed E-state index contributed by atoms with van der Waals surface area (Å²) in [7, 11) is 0. The highest BCUT2D eigenvalue weighted by atomic mass is 19.4. The summed E-state index contributed by atoms with van der Waals surface area (Å²) in [4.78, 5) is 21.0. The molecule has 0 spiro atoms. The number of para-hydroxylation sites is 1. The monoisotopic (exact) mass is 298 g/mol. The molecule has 2 N–H and O–H groups in total. The quantitative estimate of drug-likeness (QED) is 0.930. The maximum absolute atomic E-state index is 12.6. The minimum Gasteiger partial charge on any atom is -0.329 e. The second-order valence-electron chi connectivity index (χ2n) is 4.36. The van der Waals surface area contributed by atoms with Crippen molar-refractivity contribution in [3.63, 3.8) is 0 Å². The maximum Gasteiger partial charge on any atom is 0.406 e. The minimum atomic E-state index is -4.49. The number of fused-ring (bicyclic) bond motifs is 1. The molecule has 0 fully saturated rings. The van der Waals surface area contributed by atoms with Crippen molar-refractivity contribution in [3.8, 4) is 0 Å². The number of halogens is 3. The van der Waals surface area contributed by atoms with E-state index in [0.29, 0.717) is 10.4 Å². The smallest absolute Gasteiger partial charge is 0.329 e. The summed E-state index contributed by atoms with van der Waals surface area (Å²) in [6.45, 7) is -1.59. The lowest BCUT2D eigenvalue weighted by molar-refractivity contribution is -0.140. The molecule has 0 atom stereocenters. The van der Waals surface area contributed by atoms with Crippen LogP contribution in [-0.4, -0.2) is 46.6 Å². The molecule has 0 unspecified atom stereocenters. The van der Waals surface area contributed by atoms with Gasteiger partial charge in [-0.1, -0.05) is 6.07 Å². The molecule has 0 radical (unpaired) electrons. The third-order valence-electron chi connectivity index (χ3n) is 2.79. The molecule has 1 heterocycles. The van der Waals surface area contributed by atoms with Gasteiger partial charge in [0.15, 0.2) is 0 Å². The Balaban J connectivity index is 2.39. The molecule has 1 amide bonds. The van der Waals surface area contributed by atoms with E-state index in [-0.39, 0.29) is 24.2 Å². The highest BCUT2D eigenvalue weighted by molar-refractivity contribution is 6.04. The Morgan fingerprint density at radius 1 is 1.24 bits per heavy atom. The molecule has 0 saturated carbocycles. The van der Waals surface area contributed by atoms with Crippen molar-refractivity contribution < 1.29 is 18.0 Å². The molecule has 5 nitrogen and oxygen atoms in total. The topological polar surface area (TPSA) is 72.1 Å². The fourth-order valence-corrected chi connectivity index (χ4v) is 1.96. The number of nitrogens with zero attached hydrogens (tertiary/aromatic N) is 3. The van der Waals surface area contributed by atoms with Crippen LogP contribution in [0.2, 0.25) is 0 Å². The van der Waals surface area contributed by atoms with E-state index in [9.17, 15) is 18.0 Å². The van der Waals surface area contributed by atoms with E-state index in [0.717, 1.165) is 0 Å². The second-order valence-corrected chi connectivity index (χ2v) is 4.36. The van der Waals surface area contributed by atoms with Gasteiger partial charge in [-0.2, -0.15) is 13.2 Å². The number of carbonyl (C=O) groups excluding carboxylic acids is 1. The van der Waals surface area contributed by atoms with E-state index in [1.54, 1.807) is 12.1 Å². The Kier molecular flexibility index (Phi) is 4.37. The van der Waals surface area contributed by atoms with Gasteiger partial charge >= 0.3 is 6.18 Å². The Hall–Kier alpha value is -2.22. The number of hydrogen-bond acceptors (Lipinski definition) is 4. The SMILES string of the molecule is NCCN(CC(F)(F)F)C(=O)c1cccc2nccnc12. The van der Waals surface area contributed by atoms with Crippen molar-refractivity contribution in [2.24, 2.45) is 5.73 Å². The fraction of sp³-hybridized carbons (Fsp3) is 0.308. The molecule has 0 aliphatic carbocycles. The lowest BCUT2D eigenvalue weighted by atomic mass is 10.1. The van der Waals surface area contributed by atoms with Crippen LogP contribution in [0.5, 0.6) is 0 Å². The average molecular weight is 298 g/mol. The predicted molar refractivity (Wildman–Crippen MR) is 70.6 cm³/mol. The first-order valence-corrected chi connectivity index (χ1v) is 6.18. The second kappa shape index (κ2) is 6.04. The Labute approximate surface area is 118 Å². The molecule has 8 heteroatoms. The molecule has 0 aliphatic rings. The third-order valence-corrected chi connectivity index (χ3v) is 2.79. The van der Waals surface area contributed by atoms with Crippen LogP contribution >= 0.6 is 0 Å². The molecule has 0 aliphatic heterocycles. The van der Waals surface area contributed by atoms with Crippen molar-refractivity contribution in [2.45, 2.75) is 6.18 Å². The normalized spacial score (nSPS) is 11.6. The van der Waals surface area contributed by atoms with E-state index in [4.69, 9.17) is 5.73 Å². The van der Waals surface area contributed by atoms with Gasteiger partial charge in [0.25, 0.3) is 5.91 Å². The summed E-state index contributed by atoms with van der Waals surface area (Å²) in [6, 6.07) is 4.62. The number of aromatic nitrogens is 2. The molecule has 2 aromatic rings.